The van der Waals surface area contributed by atoms with Crippen molar-refractivity contribution in [3.8, 4) is 0 Å². The first-order chi connectivity index (χ1) is 8.85. The van der Waals surface area contributed by atoms with Crippen LogP contribution >= 0.6 is 0 Å². The molecule has 1 aromatic carbocycles. The number of piperidine rings is 1. The molecule has 1 aromatic rings. The van der Waals surface area contributed by atoms with Crippen LogP contribution < -0.4 is 10.2 Å². The van der Waals surface area contributed by atoms with Gasteiger partial charge < -0.3 is 10.2 Å². The van der Waals surface area contributed by atoms with Gasteiger partial charge in [-0.2, -0.15) is 0 Å². The molecule has 2 heteroatoms. The van der Waals surface area contributed by atoms with Crippen LogP contribution in [0.3, 0.4) is 0 Å². The molecule has 0 aromatic heterocycles. The number of aryl methyl sites for hydroxylation is 1. The van der Waals surface area contributed by atoms with Gasteiger partial charge in [0.1, 0.15) is 0 Å². The van der Waals surface area contributed by atoms with E-state index in [2.05, 4.69) is 41.4 Å². The SMILES string of the molecule is CCc1ccc(N2CCCCC2CCNC)cc1. The van der Waals surface area contributed by atoms with E-state index in [4.69, 9.17) is 0 Å². The topological polar surface area (TPSA) is 15.3 Å². The van der Waals surface area contributed by atoms with Crippen LogP contribution in [0.4, 0.5) is 5.69 Å². The van der Waals surface area contributed by atoms with Crippen LogP contribution in [0.15, 0.2) is 24.3 Å². The molecule has 1 N–H and O–H groups in total. The molecule has 0 amide bonds. The summed E-state index contributed by atoms with van der Waals surface area (Å²) in [5.41, 5.74) is 2.84. The maximum Gasteiger partial charge on any atom is 0.0368 e. The summed E-state index contributed by atoms with van der Waals surface area (Å²) in [6.07, 6.45) is 6.45. The number of hydrogen-bond donors (Lipinski definition) is 1. The van der Waals surface area contributed by atoms with Gasteiger partial charge >= 0.3 is 0 Å². The van der Waals surface area contributed by atoms with E-state index in [9.17, 15) is 0 Å². The zero-order chi connectivity index (χ0) is 12.8. The fraction of sp³-hybridized carbons (Fsp3) is 0.625. The van der Waals surface area contributed by atoms with Crippen LogP contribution in [0, 0.1) is 0 Å². The second kappa shape index (κ2) is 6.79. The van der Waals surface area contributed by atoms with Gasteiger partial charge in [-0.15, -0.1) is 0 Å². The van der Waals surface area contributed by atoms with Gasteiger partial charge in [-0.3, -0.25) is 0 Å². The van der Waals surface area contributed by atoms with Gasteiger partial charge in [-0.25, -0.2) is 0 Å². The third-order valence-corrected chi connectivity index (χ3v) is 4.03. The Hall–Kier alpha value is -1.02. The van der Waals surface area contributed by atoms with E-state index in [0.29, 0.717) is 0 Å². The highest BCUT2D eigenvalue weighted by Crippen LogP contribution is 2.26. The van der Waals surface area contributed by atoms with Crippen molar-refractivity contribution in [2.75, 3.05) is 25.0 Å². The Morgan fingerprint density at radius 3 is 2.67 bits per heavy atom. The van der Waals surface area contributed by atoms with Gasteiger partial charge in [0.25, 0.3) is 0 Å². The van der Waals surface area contributed by atoms with Crippen molar-refractivity contribution in [3.05, 3.63) is 29.8 Å². The Morgan fingerprint density at radius 2 is 2.00 bits per heavy atom. The molecule has 2 rings (SSSR count). The molecule has 18 heavy (non-hydrogen) atoms. The number of nitrogens with one attached hydrogen (secondary N) is 1. The molecule has 0 bridgehead atoms. The molecular formula is C16H26N2. The van der Waals surface area contributed by atoms with Crippen molar-refractivity contribution < 1.29 is 0 Å². The van der Waals surface area contributed by atoms with E-state index < -0.39 is 0 Å². The molecule has 1 unspecified atom stereocenters. The second-order valence-electron chi connectivity index (χ2n) is 5.26. The Balaban J connectivity index is 2.06. The van der Waals surface area contributed by atoms with Crippen molar-refractivity contribution in [1.29, 1.82) is 0 Å². The van der Waals surface area contributed by atoms with E-state index in [0.717, 1.165) is 19.0 Å². The van der Waals surface area contributed by atoms with E-state index >= 15 is 0 Å². The molecule has 1 saturated heterocycles. The third kappa shape index (κ3) is 3.26. The lowest BCUT2D eigenvalue weighted by Crippen LogP contribution is -2.41. The second-order valence-corrected chi connectivity index (χ2v) is 5.26. The lowest BCUT2D eigenvalue weighted by Gasteiger charge is -2.38. The number of nitrogens with zero attached hydrogens (tertiary/aromatic N) is 1. The molecule has 1 aliphatic rings. The van der Waals surface area contributed by atoms with E-state index in [-0.39, 0.29) is 0 Å². The monoisotopic (exact) mass is 246 g/mol. The zero-order valence-electron chi connectivity index (χ0n) is 11.8. The quantitative estimate of drug-likeness (QED) is 0.858. The van der Waals surface area contributed by atoms with Crippen molar-refractivity contribution in [2.24, 2.45) is 0 Å². The number of rotatable bonds is 5. The van der Waals surface area contributed by atoms with Gasteiger partial charge in [0.2, 0.25) is 0 Å². The highest BCUT2D eigenvalue weighted by Gasteiger charge is 2.21. The van der Waals surface area contributed by atoms with Gasteiger partial charge in [-0.05, 0) is 63.4 Å². The lowest BCUT2D eigenvalue weighted by atomic mass is 9.98. The maximum atomic E-state index is 3.28. The third-order valence-electron chi connectivity index (χ3n) is 4.03. The standard InChI is InChI=1S/C16H26N2/c1-3-14-7-9-16(10-8-14)18-13-5-4-6-15(18)11-12-17-2/h7-10,15,17H,3-6,11-13H2,1-2H3. The Kier molecular flexibility index (Phi) is 5.06. The largest absolute Gasteiger partial charge is 0.369 e. The minimum absolute atomic E-state index is 0.721. The van der Waals surface area contributed by atoms with Gasteiger partial charge in [0, 0.05) is 18.3 Å². The highest BCUT2D eigenvalue weighted by molar-refractivity contribution is 5.49. The summed E-state index contributed by atoms with van der Waals surface area (Å²) >= 11 is 0. The Morgan fingerprint density at radius 1 is 1.22 bits per heavy atom. The molecule has 0 spiro atoms. The molecule has 1 atom stereocenters. The summed E-state index contributed by atoms with van der Waals surface area (Å²) in [6, 6.07) is 9.88. The molecular weight excluding hydrogens is 220 g/mol. The predicted octanol–water partition coefficient (Wildman–Crippen LogP) is 3.22. The van der Waals surface area contributed by atoms with Crippen LogP contribution in [0.25, 0.3) is 0 Å². The highest BCUT2D eigenvalue weighted by atomic mass is 15.2. The predicted molar refractivity (Wildman–Crippen MR) is 79.3 cm³/mol. The average Bonchev–Trinajstić information content (AvgIpc) is 2.45. The van der Waals surface area contributed by atoms with E-state index in [1.54, 1.807) is 0 Å². The minimum Gasteiger partial charge on any atom is -0.369 e. The van der Waals surface area contributed by atoms with Gasteiger partial charge in [-0.1, -0.05) is 19.1 Å². The molecule has 0 radical (unpaired) electrons. The fourth-order valence-electron chi connectivity index (χ4n) is 2.87. The van der Waals surface area contributed by atoms with Crippen molar-refractivity contribution in [2.45, 2.75) is 45.1 Å². The first-order valence-corrected chi connectivity index (χ1v) is 7.35. The summed E-state index contributed by atoms with van der Waals surface area (Å²) in [5.74, 6) is 0. The van der Waals surface area contributed by atoms with Crippen LogP contribution in [0.5, 0.6) is 0 Å². The molecule has 1 heterocycles. The van der Waals surface area contributed by atoms with E-state index in [1.807, 2.05) is 7.05 Å². The van der Waals surface area contributed by atoms with Crippen LogP contribution in [-0.2, 0) is 6.42 Å². The lowest BCUT2D eigenvalue weighted by molar-refractivity contribution is 0.433. The maximum absolute atomic E-state index is 3.28. The summed E-state index contributed by atoms with van der Waals surface area (Å²) in [5, 5.41) is 3.28. The normalized spacial score (nSPS) is 20.1. The first-order valence-electron chi connectivity index (χ1n) is 7.35. The van der Waals surface area contributed by atoms with Crippen LogP contribution in [0.1, 0.15) is 38.2 Å². The Bertz CT molecular complexity index is 345. The fourth-order valence-corrected chi connectivity index (χ4v) is 2.87. The molecule has 1 fully saturated rings. The van der Waals surface area contributed by atoms with Crippen LogP contribution in [-0.4, -0.2) is 26.2 Å². The van der Waals surface area contributed by atoms with Gasteiger partial charge in [0.15, 0.2) is 0 Å². The van der Waals surface area contributed by atoms with Crippen molar-refractivity contribution in [3.63, 3.8) is 0 Å². The first kappa shape index (κ1) is 13.4. The Labute approximate surface area is 111 Å². The minimum atomic E-state index is 0.721. The summed E-state index contributed by atoms with van der Waals surface area (Å²) in [7, 11) is 2.04. The molecule has 100 valence electrons. The number of benzene rings is 1. The molecule has 0 saturated carbocycles. The number of hydrogen-bond acceptors (Lipinski definition) is 2. The molecule has 1 aliphatic heterocycles. The average molecular weight is 246 g/mol. The van der Waals surface area contributed by atoms with Crippen LogP contribution in [0.2, 0.25) is 0 Å². The van der Waals surface area contributed by atoms with E-state index in [1.165, 1.54) is 43.5 Å². The van der Waals surface area contributed by atoms with Crippen molar-refractivity contribution >= 4 is 5.69 Å². The van der Waals surface area contributed by atoms with Crippen molar-refractivity contribution in [1.82, 2.24) is 5.32 Å². The molecule has 2 nitrogen and oxygen atoms in total. The summed E-state index contributed by atoms with van der Waals surface area (Å²) in [4.78, 5) is 2.61. The summed E-state index contributed by atoms with van der Waals surface area (Å²) in [6.45, 7) is 4.56. The molecule has 0 aliphatic carbocycles. The van der Waals surface area contributed by atoms with Gasteiger partial charge in [0.05, 0.1) is 0 Å². The number of anilines is 1. The smallest absolute Gasteiger partial charge is 0.0368 e. The zero-order valence-corrected chi connectivity index (χ0v) is 11.8. The summed E-state index contributed by atoms with van der Waals surface area (Å²) < 4.78 is 0.